The molecule has 0 saturated heterocycles. The maximum atomic E-state index is 13.1. The molecule has 0 radical (unpaired) electrons. The molecule has 1 atom stereocenters. The first kappa shape index (κ1) is 37.4. The van der Waals surface area contributed by atoms with Crippen molar-refractivity contribution in [2.75, 3.05) is 41.2 Å². The minimum Gasteiger partial charge on any atom is -0.497 e. The first-order valence-electron chi connectivity index (χ1n) is 16.4. The molecule has 0 spiro atoms. The van der Waals surface area contributed by atoms with E-state index < -0.39 is 5.97 Å². The van der Waals surface area contributed by atoms with Crippen LogP contribution in [0.3, 0.4) is 0 Å². The summed E-state index contributed by atoms with van der Waals surface area (Å²) in [6, 6.07) is 24.0. The van der Waals surface area contributed by atoms with Crippen LogP contribution in [0.4, 0.5) is 11.4 Å². The van der Waals surface area contributed by atoms with E-state index in [1.807, 2.05) is 24.3 Å². The highest BCUT2D eigenvalue weighted by molar-refractivity contribution is 5.97. The number of ketones is 1. The topological polar surface area (TPSA) is 134 Å². The molecule has 0 saturated carbocycles. The van der Waals surface area contributed by atoms with Crippen LogP contribution in [-0.4, -0.2) is 58.0 Å². The van der Waals surface area contributed by atoms with Crippen LogP contribution in [0.25, 0.3) is 0 Å². The zero-order valence-corrected chi connectivity index (χ0v) is 28.9. The first-order valence-corrected chi connectivity index (χ1v) is 16.4. The maximum Gasteiger partial charge on any atom is 0.347 e. The van der Waals surface area contributed by atoms with Gasteiger partial charge in [-0.2, -0.15) is 10.2 Å². The maximum absolute atomic E-state index is 13.1. The zero-order chi connectivity index (χ0) is 35.7. The highest BCUT2D eigenvalue weighted by atomic mass is 16.5. The third kappa shape index (κ3) is 11.3. The van der Waals surface area contributed by atoms with E-state index in [1.54, 1.807) is 67.8 Å². The lowest BCUT2D eigenvalue weighted by atomic mass is 10.0. The highest BCUT2D eigenvalue weighted by Gasteiger charge is 2.17. The van der Waals surface area contributed by atoms with Crippen molar-refractivity contribution in [3.05, 3.63) is 96.1 Å². The smallest absolute Gasteiger partial charge is 0.347 e. The lowest BCUT2D eigenvalue weighted by Gasteiger charge is -2.19. The van der Waals surface area contributed by atoms with Gasteiger partial charge in [-0.3, -0.25) is 4.79 Å². The fourth-order valence-corrected chi connectivity index (χ4v) is 5.04. The van der Waals surface area contributed by atoms with Crippen LogP contribution >= 0.6 is 0 Å². The summed E-state index contributed by atoms with van der Waals surface area (Å²) in [4.78, 5) is 24.8. The van der Waals surface area contributed by atoms with Crippen molar-refractivity contribution in [3.63, 3.8) is 0 Å². The van der Waals surface area contributed by atoms with Crippen molar-refractivity contribution >= 4 is 23.1 Å². The second kappa shape index (κ2) is 19.5. The van der Waals surface area contributed by atoms with Crippen molar-refractivity contribution in [2.45, 2.75) is 39.0 Å². The van der Waals surface area contributed by atoms with Crippen LogP contribution in [0.2, 0.25) is 0 Å². The van der Waals surface area contributed by atoms with Crippen LogP contribution in [0, 0.1) is 5.92 Å². The van der Waals surface area contributed by atoms with Crippen LogP contribution in [0.15, 0.2) is 95.2 Å². The molecule has 0 aromatic heterocycles. The summed E-state index contributed by atoms with van der Waals surface area (Å²) in [5.41, 5.74) is 1.62. The third-order valence-corrected chi connectivity index (χ3v) is 7.84. The summed E-state index contributed by atoms with van der Waals surface area (Å²) in [5, 5.41) is 17.5. The molecule has 11 heteroatoms. The number of ether oxygens (including phenoxy) is 6. The minimum atomic E-state index is -0.597. The molecule has 4 aromatic carbocycles. The summed E-state index contributed by atoms with van der Waals surface area (Å²) >= 11 is 0. The number of Topliss-reactive ketones (excluding diaryl/α,β-unsaturated/α-hetero) is 1. The highest BCUT2D eigenvalue weighted by Crippen LogP contribution is 2.30. The molecule has 11 nitrogen and oxygen atoms in total. The average molecular weight is 685 g/mol. The molecule has 0 fully saturated rings. The summed E-state index contributed by atoms with van der Waals surface area (Å²) in [6.45, 7) is 2.62. The Labute approximate surface area is 292 Å². The molecule has 0 heterocycles. The standard InChI is InChI=1S/C39H44N2O9/c1-27(43)35-20-10-29(23-37(35)46-3)40-41-30-11-21-36(38(24-30)47-4)39(44)50-34-18-16-33(17-19-34)49-26-28(9-7-5-6-8-22-42)25-48-32-14-12-31(45-2)13-15-32/h10-21,23-24,28,42H,5-9,22,25-26H2,1-4H3. The lowest BCUT2D eigenvalue weighted by molar-refractivity contribution is 0.0730. The Balaban J connectivity index is 1.34. The van der Waals surface area contributed by atoms with Gasteiger partial charge < -0.3 is 33.5 Å². The number of rotatable bonds is 20. The molecule has 1 unspecified atom stereocenters. The second-order valence-corrected chi connectivity index (χ2v) is 11.5. The van der Waals surface area contributed by atoms with E-state index in [4.69, 9.17) is 33.5 Å². The number of hydrogen-bond donors (Lipinski definition) is 1. The Bertz CT molecular complexity index is 1710. The van der Waals surface area contributed by atoms with Crippen LogP contribution in [-0.2, 0) is 0 Å². The van der Waals surface area contributed by atoms with Crippen molar-refractivity contribution < 1.29 is 43.1 Å². The molecule has 0 aliphatic carbocycles. The van der Waals surface area contributed by atoms with Gasteiger partial charge in [0.05, 0.1) is 51.5 Å². The number of hydrogen-bond acceptors (Lipinski definition) is 11. The summed E-state index contributed by atoms with van der Waals surface area (Å²) in [7, 11) is 4.56. The lowest BCUT2D eigenvalue weighted by Crippen LogP contribution is -2.20. The van der Waals surface area contributed by atoms with Gasteiger partial charge in [0.1, 0.15) is 40.1 Å². The van der Waals surface area contributed by atoms with Gasteiger partial charge >= 0.3 is 5.97 Å². The molecular formula is C39H44N2O9. The number of nitrogens with zero attached hydrogens (tertiary/aromatic N) is 2. The Hall–Kier alpha value is -5.42. The largest absolute Gasteiger partial charge is 0.497 e. The Morgan fingerprint density at radius 2 is 1.12 bits per heavy atom. The monoisotopic (exact) mass is 684 g/mol. The van der Waals surface area contributed by atoms with E-state index in [0.717, 1.165) is 43.6 Å². The summed E-state index contributed by atoms with van der Waals surface area (Å²) in [6.07, 6.45) is 4.75. The van der Waals surface area contributed by atoms with Gasteiger partial charge in [0.2, 0.25) is 0 Å². The zero-order valence-electron chi connectivity index (χ0n) is 28.9. The van der Waals surface area contributed by atoms with Gasteiger partial charge in [-0.1, -0.05) is 19.3 Å². The van der Waals surface area contributed by atoms with Gasteiger partial charge in [0, 0.05) is 24.7 Å². The number of carbonyl (C=O) groups excluding carboxylic acids is 2. The number of aliphatic hydroxyl groups is 1. The van der Waals surface area contributed by atoms with Crippen LogP contribution < -0.4 is 28.4 Å². The number of azo groups is 1. The molecular weight excluding hydrogens is 640 g/mol. The van der Waals surface area contributed by atoms with E-state index in [0.29, 0.717) is 47.4 Å². The predicted octanol–water partition coefficient (Wildman–Crippen LogP) is 8.57. The number of esters is 1. The minimum absolute atomic E-state index is 0.115. The Morgan fingerprint density at radius 3 is 1.64 bits per heavy atom. The fraction of sp³-hybridized carbons (Fsp3) is 0.333. The van der Waals surface area contributed by atoms with Gasteiger partial charge in [-0.25, -0.2) is 4.79 Å². The molecule has 4 aromatic rings. The van der Waals surface area contributed by atoms with Gasteiger partial charge in [0.15, 0.2) is 5.78 Å². The van der Waals surface area contributed by atoms with Crippen molar-refractivity contribution in [3.8, 4) is 34.5 Å². The molecule has 1 N–H and O–H groups in total. The van der Waals surface area contributed by atoms with E-state index in [1.165, 1.54) is 21.1 Å². The second-order valence-electron chi connectivity index (χ2n) is 11.5. The summed E-state index contributed by atoms with van der Waals surface area (Å²) < 4.78 is 33.7. The fourth-order valence-electron chi connectivity index (χ4n) is 5.04. The van der Waals surface area contributed by atoms with Gasteiger partial charge in [0.25, 0.3) is 0 Å². The van der Waals surface area contributed by atoms with E-state index in [-0.39, 0.29) is 29.6 Å². The molecule has 264 valence electrons. The number of aliphatic hydroxyl groups excluding tert-OH is 1. The van der Waals surface area contributed by atoms with Crippen molar-refractivity contribution in [1.29, 1.82) is 0 Å². The van der Waals surface area contributed by atoms with E-state index in [2.05, 4.69) is 10.2 Å². The molecule has 0 amide bonds. The van der Waals surface area contributed by atoms with Crippen molar-refractivity contribution in [1.82, 2.24) is 0 Å². The van der Waals surface area contributed by atoms with E-state index in [9.17, 15) is 9.59 Å². The predicted molar refractivity (Wildman–Crippen MR) is 189 cm³/mol. The molecule has 0 aliphatic heterocycles. The van der Waals surface area contributed by atoms with E-state index >= 15 is 0 Å². The first-order chi connectivity index (χ1) is 24.3. The molecule has 0 bridgehead atoms. The van der Waals surface area contributed by atoms with Crippen LogP contribution in [0.1, 0.15) is 59.7 Å². The molecule has 4 rings (SSSR count). The Morgan fingerprint density at radius 1 is 0.620 bits per heavy atom. The Kier molecular flexibility index (Phi) is 14.6. The summed E-state index contributed by atoms with van der Waals surface area (Å²) in [5.74, 6) is 2.63. The number of benzene rings is 4. The van der Waals surface area contributed by atoms with Gasteiger partial charge in [-0.15, -0.1) is 0 Å². The normalized spacial score (nSPS) is 11.5. The number of methoxy groups -OCH3 is 3. The SMILES string of the molecule is COc1ccc(OCC(CCCCCCO)COc2ccc(OC(=O)c3ccc(N=Nc4ccc(C(C)=O)c(OC)c4)cc3OC)cc2)cc1. The average Bonchev–Trinajstić information content (AvgIpc) is 3.15. The quantitative estimate of drug-likeness (QED) is 0.0319. The van der Waals surface area contributed by atoms with Crippen molar-refractivity contribution in [2.24, 2.45) is 16.1 Å². The van der Waals surface area contributed by atoms with Gasteiger partial charge in [-0.05, 0) is 92.6 Å². The molecule has 0 aliphatic rings. The third-order valence-electron chi connectivity index (χ3n) is 7.84. The number of unbranched alkanes of at least 4 members (excludes halogenated alkanes) is 3. The number of carbonyl (C=O) groups is 2. The van der Waals surface area contributed by atoms with Crippen LogP contribution in [0.5, 0.6) is 34.5 Å². The molecule has 50 heavy (non-hydrogen) atoms.